The van der Waals surface area contributed by atoms with E-state index in [9.17, 15) is 27.9 Å². The molecule has 0 aliphatic carbocycles. The highest BCUT2D eigenvalue weighted by molar-refractivity contribution is 7.89. The normalized spacial score (nSPS) is 12.8. The molecule has 2 aromatic carbocycles. The number of nitrogens with two attached hydrogens (primary N) is 2. The van der Waals surface area contributed by atoms with Crippen LogP contribution in [0.4, 0.5) is 4.79 Å². The number of rotatable bonds is 13. The molecule has 13 heteroatoms. The Morgan fingerprint density at radius 1 is 1.05 bits per heavy atom. The summed E-state index contributed by atoms with van der Waals surface area (Å²) in [6, 6.07) is 11.4. The van der Waals surface area contributed by atoms with Gasteiger partial charge < -0.3 is 21.3 Å². The SMILES string of the molecule is Cc1ccc(S(=O)(=O)N[C@@H](CCCN=C(N)N)C(=O)N(C(=O)OCc2ccccc2)[C@H](C(=O)O)C(C)C)cc1. The Balaban J connectivity index is 2.44. The van der Waals surface area contributed by atoms with E-state index in [-0.39, 0.29) is 36.8 Å². The first-order chi connectivity index (χ1) is 18.3. The zero-order valence-electron chi connectivity index (χ0n) is 22.1. The van der Waals surface area contributed by atoms with E-state index in [0.717, 1.165) is 5.56 Å². The van der Waals surface area contributed by atoms with Gasteiger partial charge in [-0.15, -0.1) is 0 Å². The van der Waals surface area contributed by atoms with Crippen molar-refractivity contribution in [1.29, 1.82) is 0 Å². The summed E-state index contributed by atoms with van der Waals surface area (Å²) >= 11 is 0. The summed E-state index contributed by atoms with van der Waals surface area (Å²) in [4.78, 5) is 43.4. The van der Waals surface area contributed by atoms with Crippen LogP contribution in [0.2, 0.25) is 0 Å². The molecule has 0 radical (unpaired) electrons. The van der Waals surface area contributed by atoms with E-state index in [0.29, 0.717) is 10.5 Å². The highest BCUT2D eigenvalue weighted by atomic mass is 32.2. The fourth-order valence-corrected chi connectivity index (χ4v) is 4.92. The van der Waals surface area contributed by atoms with Crippen LogP contribution in [0, 0.1) is 12.8 Å². The van der Waals surface area contributed by atoms with Crippen molar-refractivity contribution in [3.05, 3.63) is 65.7 Å². The molecule has 0 saturated heterocycles. The van der Waals surface area contributed by atoms with Gasteiger partial charge in [0, 0.05) is 6.54 Å². The maximum atomic E-state index is 13.8. The monoisotopic (exact) mass is 561 g/mol. The number of nitrogens with zero attached hydrogens (tertiary/aromatic N) is 2. The van der Waals surface area contributed by atoms with Gasteiger partial charge in [-0.1, -0.05) is 61.9 Å². The zero-order valence-corrected chi connectivity index (χ0v) is 22.9. The molecule has 0 bridgehead atoms. The lowest BCUT2D eigenvalue weighted by Crippen LogP contribution is -2.57. The Morgan fingerprint density at radius 3 is 2.21 bits per heavy atom. The molecule has 2 atom stereocenters. The third kappa shape index (κ3) is 9.37. The van der Waals surface area contributed by atoms with Crippen molar-refractivity contribution < 1.29 is 32.6 Å². The van der Waals surface area contributed by atoms with Crippen molar-refractivity contribution in [2.24, 2.45) is 22.4 Å². The lowest BCUT2D eigenvalue weighted by molar-refractivity contribution is -0.151. The number of hydrogen-bond donors (Lipinski definition) is 4. The maximum absolute atomic E-state index is 13.8. The molecule has 212 valence electrons. The number of aliphatic carboxylic acids is 1. The molecule has 0 spiro atoms. The van der Waals surface area contributed by atoms with Crippen molar-refractivity contribution in [2.45, 2.75) is 57.2 Å². The van der Waals surface area contributed by atoms with Crippen molar-refractivity contribution in [3.8, 4) is 0 Å². The Morgan fingerprint density at radius 2 is 1.67 bits per heavy atom. The predicted molar refractivity (Wildman–Crippen MR) is 145 cm³/mol. The van der Waals surface area contributed by atoms with Gasteiger partial charge >= 0.3 is 12.1 Å². The minimum Gasteiger partial charge on any atom is -0.480 e. The first-order valence-electron chi connectivity index (χ1n) is 12.2. The molecule has 0 saturated carbocycles. The number of carbonyl (C=O) groups is 3. The lowest BCUT2D eigenvalue weighted by Gasteiger charge is -2.32. The molecule has 0 fully saturated rings. The van der Waals surface area contributed by atoms with Gasteiger partial charge in [0.1, 0.15) is 18.7 Å². The van der Waals surface area contributed by atoms with Gasteiger partial charge in [0.25, 0.3) is 5.91 Å². The molecule has 2 rings (SSSR count). The maximum Gasteiger partial charge on any atom is 0.417 e. The largest absolute Gasteiger partial charge is 0.480 e. The molecular weight excluding hydrogens is 526 g/mol. The van der Waals surface area contributed by atoms with Crippen LogP contribution in [0.3, 0.4) is 0 Å². The van der Waals surface area contributed by atoms with E-state index in [2.05, 4.69) is 9.71 Å². The van der Waals surface area contributed by atoms with Crippen LogP contribution in [0.25, 0.3) is 0 Å². The standard InChI is InChI=1S/C26H35N5O7S/c1-17(2)22(24(33)34)31(26(35)38-16-19-8-5-4-6-9-19)23(32)21(10-7-15-29-25(27)28)30-39(36,37)20-13-11-18(3)12-14-20/h4-6,8-9,11-14,17,21-22,30H,7,10,15-16H2,1-3H3,(H,33,34)(H4,27,28,29)/t21-,22-/m0/s1. The predicted octanol–water partition coefficient (Wildman–Crippen LogP) is 1.97. The summed E-state index contributed by atoms with van der Waals surface area (Å²) in [7, 11) is -4.24. The summed E-state index contributed by atoms with van der Waals surface area (Å²) in [6.07, 6.45) is -1.20. The summed E-state index contributed by atoms with van der Waals surface area (Å²) in [6.45, 7) is 4.68. The van der Waals surface area contributed by atoms with Crippen molar-refractivity contribution in [3.63, 3.8) is 0 Å². The van der Waals surface area contributed by atoms with Gasteiger partial charge in [0.15, 0.2) is 5.96 Å². The third-order valence-electron chi connectivity index (χ3n) is 5.67. The number of guanidine groups is 1. The fraction of sp³-hybridized carbons (Fsp3) is 0.385. The summed E-state index contributed by atoms with van der Waals surface area (Å²) in [5, 5.41) is 9.90. The number of imide groups is 1. The Labute approximate surface area is 228 Å². The first kappa shape index (κ1) is 31.2. The molecule has 39 heavy (non-hydrogen) atoms. The number of carbonyl (C=O) groups excluding carboxylic acids is 2. The molecule has 0 aliphatic rings. The Kier molecular flexibility index (Phi) is 11.4. The van der Waals surface area contributed by atoms with E-state index >= 15 is 0 Å². The van der Waals surface area contributed by atoms with Crippen LogP contribution in [0.15, 0.2) is 64.5 Å². The second kappa shape index (κ2) is 14.3. The average Bonchev–Trinajstić information content (AvgIpc) is 2.87. The number of aliphatic imine (C=N–C) groups is 1. The topological polar surface area (TPSA) is 194 Å². The fourth-order valence-electron chi connectivity index (χ4n) is 3.70. The summed E-state index contributed by atoms with van der Waals surface area (Å²) < 4.78 is 33.9. The van der Waals surface area contributed by atoms with E-state index in [1.54, 1.807) is 49.4 Å². The van der Waals surface area contributed by atoms with Crippen molar-refractivity contribution >= 4 is 34.0 Å². The average molecular weight is 562 g/mol. The third-order valence-corrected chi connectivity index (χ3v) is 7.16. The molecule has 12 nitrogen and oxygen atoms in total. The molecule has 2 aromatic rings. The Bertz CT molecular complexity index is 1260. The quantitative estimate of drug-likeness (QED) is 0.161. The van der Waals surface area contributed by atoms with E-state index < -0.39 is 46.0 Å². The van der Waals surface area contributed by atoms with Crippen LogP contribution in [-0.2, 0) is 31.0 Å². The molecular formula is C26H35N5O7S. The second-order valence-corrected chi connectivity index (χ2v) is 10.9. The highest BCUT2D eigenvalue weighted by Gasteiger charge is 2.42. The summed E-state index contributed by atoms with van der Waals surface area (Å²) in [5.41, 5.74) is 12.1. The number of nitrogens with one attached hydrogen (secondary N) is 1. The molecule has 2 amide bonds. The van der Waals surface area contributed by atoms with Gasteiger partial charge in [-0.2, -0.15) is 4.72 Å². The number of carboxylic acid groups (broad SMARTS) is 1. The van der Waals surface area contributed by atoms with Gasteiger partial charge in [-0.05, 0) is 43.4 Å². The van der Waals surface area contributed by atoms with Crippen LogP contribution < -0.4 is 16.2 Å². The lowest BCUT2D eigenvalue weighted by atomic mass is 10.0. The number of amides is 2. The molecule has 6 N–H and O–H groups in total. The smallest absolute Gasteiger partial charge is 0.417 e. The van der Waals surface area contributed by atoms with E-state index in [1.807, 2.05) is 0 Å². The zero-order chi connectivity index (χ0) is 29.2. The molecule has 0 aromatic heterocycles. The first-order valence-corrected chi connectivity index (χ1v) is 13.7. The highest BCUT2D eigenvalue weighted by Crippen LogP contribution is 2.19. The molecule has 0 heterocycles. The molecule has 0 unspecified atom stereocenters. The molecule has 0 aliphatic heterocycles. The van der Waals surface area contributed by atoms with E-state index in [4.69, 9.17) is 16.2 Å². The van der Waals surface area contributed by atoms with Crippen molar-refractivity contribution in [2.75, 3.05) is 6.54 Å². The number of benzene rings is 2. The number of ether oxygens (including phenoxy) is 1. The van der Waals surface area contributed by atoms with Crippen LogP contribution in [-0.4, -0.2) is 61.0 Å². The van der Waals surface area contributed by atoms with Gasteiger partial charge in [-0.3, -0.25) is 9.79 Å². The summed E-state index contributed by atoms with van der Waals surface area (Å²) in [5.74, 6) is -3.42. The number of aryl methyl sites for hydroxylation is 1. The van der Waals surface area contributed by atoms with Gasteiger partial charge in [0.05, 0.1) is 4.90 Å². The van der Waals surface area contributed by atoms with Crippen LogP contribution >= 0.6 is 0 Å². The van der Waals surface area contributed by atoms with Gasteiger partial charge in [-0.25, -0.2) is 22.9 Å². The number of hydrogen-bond acceptors (Lipinski definition) is 7. The number of carboxylic acids is 1. The van der Waals surface area contributed by atoms with E-state index in [1.165, 1.54) is 26.0 Å². The number of sulfonamides is 1. The van der Waals surface area contributed by atoms with Crippen LogP contribution in [0.5, 0.6) is 0 Å². The van der Waals surface area contributed by atoms with Crippen LogP contribution in [0.1, 0.15) is 37.8 Å². The minimum absolute atomic E-state index is 0.0728. The van der Waals surface area contributed by atoms with Crippen molar-refractivity contribution in [1.82, 2.24) is 9.62 Å². The Hall–Kier alpha value is -3.97. The minimum atomic E-state index is -4.24. The van der Waals surface area contributed by atoms with Gasteiger partial charge in [0.2, 0.25) is 10.0 Å². The second-order valence-electron chi connectivity index (χ2n) is 9.21.